The van der Waals surface area contributed by atoms with Crippen LogP contribution < -0.4 is 9.47 Å². The number of methoxy groups -OCH3 is 2. The molecule has 0 aromatic heterocycles. The largest absolute Gasteiger partial charge is 0.497 e. The van der Waals surface area contributed by atoms with E-state index in [-0.39, 0.29) is 0 Å². The second-order valence-corrected chi connectivity index (χ2v) is 4.40. The lowest BCUT2D eigenvalue weighted by Crippen LogP contribution is -1.89. The monoisotopic (exact) mass is 292 g/mol. The molecule has 0 unspecified atom stereocenters. The summed E-state index contributed by atoms with van der Waals surface area (Å²) in [6, 6.07) is 13.8. The molecule has 2 aromatic carbocycles. The Morgan fingerprint density at radius 3 is 2.35 bits per heavy atom. The predicted octanol–water partition coefficient (Wildman–Crippen LogP) is 4.13. The van der Waals surface area contributed by atoms with Gasteiger partial charge in [0.2, 0.25) is 0 Å². The molecule has 0 heterocycles. The number of hydrogen-bond acceptors (Lipinski definition) is 2. The zero-order chi connectivity index (χ0) is 12.3. The molecule has 17 heavy (non-hydrogen) atoms. The highest BCUT2D eigenvalue weighted by Crippen LogP contribution is 2.36. The van der Waals surface area contributed by atoms with Gasteiger partial charge in [-0.15, -0.1) is 0 Å². The van der Waals surface area contributed by atoms with E-state index in [1.54, 1.807) is 14.2 Å². The Morgan fingerprint density at radius 2 is 1.65 bits per heavy atom. The molecular weight excluding hydrogens is 280 g/mol. The Morgan fingerprint density at radius 1 is 0.882 bits per heavy atom. The van der Waals surface area contributed by atoms with Crippen molar-refractivity contribution in [2.24, 2.45) is 0 Å². The van der Waals surface area contributed by atoms with Crippen molar-refractivity contribution in [1.82, 2.24) is 0 Å². The van der Waals surface area contributed by atoms with Crippen LogP contribution in [-0.2, 0) is 0 Å². The van der Waals surface area contributed by atoms with Gasteiger partial charge in [-0.1, -0.05) is 34.1 Å². The predicted molar refractivity (Wildman–Crippen MR) is 72.7 cm³/mol. The summed E-state index contributed by atoms with van der Waals surface area (Å²) in [6.07, 6.45) is 0. The molecule has 3 heteroatoms. The first kappa shape index (κ1) is 12.0. The van der Waals surface area contributed by atoms with Crippen LogP contribution in [0, 0.1) is 0 Å². The third-order valence-electron chi connectivity index (χ3n) is 2.57. The van der Waals surface area contributed by atoms with Gasteiger partial charge in [0.1, 0.15) is 11.5 Å². The molecule has 0 bridgehead atoms. The summed E-state index contributed by atoms with van der Waals surface area (Å²) >= 11 is 3.55. The molecule has 0 radical (unpaired) electrons. The van der Waals surface area contributed by atoms with Crippen molar-refractivity contribution >= 4 is 15.9 Å². The van der Waals surface area contributed by atoms with E-state index in [1.807, 2.05) is 42.5 Å². The zero-order valence-corrected chi connectivity index (χ0v) is 11.3. The SMILES string of the molecule is COc1ccc(Br)c(-c2ccccc2OC)c1. The summed E-state index contributed by atoms with van der Waals surface area (Å²) in [7, 11) is 3.34. The molecule has 0 fully saturated rings. The van der Waals surface area contributed by atoms with E-state index in [4.69, 9.17) is 9.47 Å². The Labute approximate surface area is 109 Å². The van der Waals surface area contributed by atoms with Crippen molar-refractivity contribution in [3.05, 3.63) is 46.9 Å². The second kappa shape index (κ2) is 5.23. The van der Waals surface area contributed by atoms with Crippen LogP contribution in [0.2, 0.25) is 0 Å². The highest BCUT2D eigenvalue weighted by molar-refractivity contribution is 9.10. The van der Waals surface area contributed by atoms with Crippen LogP contribution in [0.15, 0.2) is 46.9 Å². The molecule has 0 N–H and O–H groups in total. The lowest BCUT2D eigenvalue weighted by Gasteiger charge is -2.11. The highest BCUT2D eigenvalue weighted by atomic mass is 79.9. The zero-order valence-electron chi connectivity index (χ0n) is 9.74. The van der Waals surface area contributed by atoms with Crippen molar-refractivity contribution < 1.29 is 9.47 Å². The van der Waals surface area contributed by atoms with E-state index >= 15 is 0 Å². The van der Waals surface area contributed by atoms with Gasteiger partial charge in [0.15, 0.2) is 0 Å². The normalized spacial score (nSPS) is 10.1. The number of ether oxygens (including phenoxy) is 2. The minimum absolute atomic E-state index is 0.828. The van der Waals surface area contributed by atoms with Crippen LogP contribution in [0.4, 0.5) is 0 Å². The van der Waals surface area contributed by atoms with Crippen LogP contribution >= 0.6 is 15.9 Å². The minimum atomic E-state index is 0.828. The van der Waals surface area contributed by atoms with Crippen LogP contribution in [0.5, 0.6) is 11.5 Å². The second-order valence-electron chi connectivity index (χ2n) is 3.55. The summed E-state index contributed by atoms with van der Waals surface area (Å²) in [5.74, 6) is 1.68. The standard InChI is InChI=1S/C14H13BrO2/c1-16-10-7-8-13(15)12(9-10)11-5-3-4-6-14(11)17-2/h3-9H,1-2H3. The maximum atomic E-state index is 5.37. The molecule has 0 aliphatic heterocycles. The molecule has 0 atom stereocenters. The molecule has 0 amide bonds. The van der Waals surface area contributed by atoms with Crippen molar-refractivity contribution in [1.29, 1.82) is 0 Å². The van der Waals surface area contributed by atoms with Crippen molar-refractivity contribution in [3.8, 4) is 22.6 Å². The van der Waals surface area contributed by atoms with E-state index in [1.165, 1.54) is 0 Å². The first-order valence-corrected chi connectivity index (χ1v) is 6.02. The molecular formula is C14H13BrO2. The Bertz CT molecular complexity index is 523. The van der Waals surface area contributed by atoms with Gasteiger partial charge < -0.3 is 9.47 Å². The number of hydrogen-bond donors (Lipinski definition) is 0. The van der Waals surface area contributed by atoms with Gasteiger partial charge in [-0.25, -0.2) is 0 Å². The summed E-state index contributed by atoms with van der Waals surface area (Å²) in [5.41, 5.74) is 2.10. The van der Waals surface area contributed by atoms with Crippen molar-refractivity contribution in [2.75, 3.05) is 14.2 Å². The highest BCUT2D eigenvalue weighted by Gasteiger charge is 2.09. The van der Waals surface area contributed by atoms with Gasteiger partial charge >= 0.3 is 0 Å². The first-order valence-electron chi connectivity index (χ1n) is 5.23. The lowest BCUT2D eigenvalue weighted by molar-refractivity contribution is 0.413. The molecule has 0 saturated carbocycles. The lowest BCUT2D eigenvalue weighted by atomic mass is 10.0. The quantitative estimate of drug-likeness (QED) is 0.847. The number of para-hydroxylation sites is 1. The third-order valence-corrected chi connectivity index (χ3v) is 3.26. The van der Waals surface area contributed by atoms with Crippen molar-refractivity contribution in [2.45, 2.75) is 0 Å². The Hall–Kier alpha value is -1.48. The third kappa shape index (κ3) is 2.44. The fraction of sp³-hybridized carbons (Fsp3) is 0.143. The van der Waals surface area contributed by atoms with Crippen LogP contribution in [0.1, 0.15) is 0 Å². The molecule has 0 saturated heterocycles. The summed E-state index contributed by atoms with van der Waals surface area (Å²) in [5, 5.41) is 0. The van der Waals surface area contributed by atoms with E-state index < -0.39 is 0 Å². The van der Waals surface area contributed by atoms with Crippen LogP contribution in [0.3, 0.4) is 0 Å². The average molecular weight is 293 g/mol. The molecule has 0 aliphatic rings. The maximum Gasteiger partial charge on any atom is 0.126 e. The molecule has 88 valence electrons. The molecule has 0 spiro atoms. The number of benzene rings is 2. The maximum absolute atomic E-state index is 5.37. The van der Waals surface area contributed by atoms with Gasteiger partial charge in [0, 0.05) is 15.6 Å². The topological polar surface area (TPSA) is 18.5 Å². The molecule has 2 nitrogen and oxygen atoms in total. The van der Waals surface area contributed by atoms with Gasteiger partial charge in [-0.3, -0.25) is 0 Å². The average Bonchev–Trinajstić information content (AvgIpc) is 2.39. The van der Waals surface area contributed by atoms with Gasteiger partial charge in [0.25, 0.3) is 0 Å². The molecule has 0 aliphatic carbocycles. The summed E-state index contributed by atoms with van der Waals surface area (Å²) in [6.45, 7) is 0. The van der Waals surface area contributed by atoms with E-state index in [2.05, 4.69) is 15.9 Å². The van der Waals surface area contributed by atoms with E-state index in [0.29, 0.717) is 0 Å². The Kier molecular flexibility index (Phi) is 3.69. The van der Waals surface area contributed by atoms with E-state index in [0.717, 1.165) is 27.1 Å². The number of rotatable bonds is 3. The number of halogens is 1. The van der Waals surface area contributed by atoms with Crippen LogP contribution in [0.25, 0.3) is 11.1 Å². The molecule has 2 aromatic rings. The Balaban J connectivity index is 2.59. The van der Waals surface area contributed by atoms with Gasteiger partial charge in [-0.2, -0.15) is 0 Å². The minimum Gasteiger partial charge on any atom is -0.497 e. The fourth-order valence-electron chi connectivity index (χ4n) is 1.70. The summed E-state index contributed by atoms with van der Waals surface area (Å²) < 4.78 is 11.6. The van der Waals surface area contributed by atoms with Gasteiger partial charge in [0.05, 0.1) is 14.2 Å². The molecule has 2 rings (SSSR count). The first-order chi connectivity index (χ1) is 8.26. The van der Waals surface area contributed by atoms with E-state index in [9.17, 15) is 0 Å². The van der Waals surface area contributed by atoms with Crippen LogP contribution in [-0.4, -0.2) is 14.2 Å². The fourth-order valence-corrected chi connectivity index (χ4v) is 2.17. The smallest absolute Gasteiger partial charge is 0.126 e. The van der Waals surface area contributed by atoms with Gasteiger partial charge in [-0.05, 0) is 24.3 Å². The summed E-state index contributed by atoms with van der Waals surface area (Å²) in [4.78, 5) is 0. The van der Waals surface area contributed by atoms with Crippen molar-refractivity contribution in [3.63, 3.8) is 0 Å².